The van der Waals surface area contributed by atoms with E-state index in [0.29, 0.717) is 33.5 Å². The molecule has 5 nitrogen and oxygen atoms in total. The third-order valence-electron chi connectivity index (χ3n) is 2.20. The van der Waals surface area contributed by atoms with E-state index in [4.69, 9.17) is 21.8 Å². The van der Waals surface area contributed by atoms with Crippen LogP contribution in [0.5, 0.6) is 0 Å². The summed E-state index contributed by atoms with van der Waals surface area (Å²) in [4.78, 5) is 4.28. The van der Waals surface area contributed by atoms with Gasteiger partial charge in [0.1, 0.15) is 17.0 Å². The van der Waals surface area contributed by atoms with Crippen LogP contribution in [0.3, 0.4) is 0 Å². The van der Waals surface area contributed by atoms with Gasteiger partial charge in [-0.1, -0.05) is 17.7 Å². The van der Waals surface area contributed by atoms with E-state index in [1.54, 1.807) is 12.1 Å². The maximum Gasteiger partial charge on any atom is 0.245 e. The van der Waals surface area contributed by atoms with Crippen molar-refractivity contribution in [1.82, 2.24) is 15.2 Å². The molecule has 0 saturated heterocycles. The normalized spacial score (nSPS) is 11.1. The van der Waals surface area contributed by atoms with Gasteiger partial charge >= 0.3 is 0 Å². The molecule has 80 valence electrons. The average Bonchev–Trinajstić information content (AvgIpc) is 2.84. The summed E-state index contributed by atoms with van der Waals surface area (Å²) in [5, 5.41) is 7.06. The largest absolute Gasteiger partial charge is 0.433 e. The van der Waals surface area contributed by atoms with E-state index >= 15 is 0 Å². The second kappa shape index (κ2) is 3.24. The van der Waals surface area contributed by atoms with Crippen molar-refractivity contribution in [2.24, 2.45) is 0 Å². The Hall–Kier alpha value is -2.01. The highest BCUT2D eigenvalue weighted by Gasteiger charge is 2.12. The SMILES string of the molecule is Nc1cc(-c2nc3cccc(Cl)c3o2)[nH]n1. The van der Waals surface area contributed by atoms with Gasteiger partial charge in [0.05, 0.1) is 5.02 Å². The monoisotopic (exact) mass is 234 g/mol. The van der Waals surface area contributed by atoms with E-state index in [0.717, 1.165) is 0 Å². The van der Waals surface area contributed by atoms with Gasteiger partial charge in [0.2, 0.25) is 5.89 Å². The Kier molecular flexibility index (Phi) is 1.87. The molecular weight excluding hydrogens is 228 g/mol. The molecule has 1 aromatic carbocycles. The fourth-order valence-electron chi connectivity index (χ4n) is 1.48. The number of nitrogens with two attached hydrogens (primary N) is 1. The molecule has 0 atom stereocenters. The molecule has 3 N–H and O–H groups in total. The fraction of sp³-hybridized carbons (Fsp3) is 0. The number of halogens is 1. The summed E-state index contributed by atoms with van der Waals surface area (Å²) in [5.41, 5.74) is 7.40. The van der Waals surface area contributed by atoms with Gasteiger partial charge in [0.15, 0.2) is 5.58 Å². The lowest BCUT2D eigenvalue weighted by atomic mass is 10.3. The van der Waals surface area contributed by atoms with Crippen LogP contribution in [0.1, 0.15) is 0 Å². The third kappa shape index (κ3) is 1.33. The Bertz CT molecular complexity index is 658. The maximum absolute atomic E-state index is 5.98. The zero-order chi connectivity index (χ0) is 11.1. The Morgan fingerprint density at radius 2 is 2.25 bits per heavy atom. The van der Waals surface area contributed by atoms with E-state index in [1.807, 2.05) is 12.1 Å². The molecule has 0 amide bonds. The van der Waals surface area contributed by atoms with Gasteiger partial charge in [0.25, 0.3) is 0 Å². The first-order chi connectivity index (χ1) is 7.74. The second-order valence-corrected chi connectivity index (χ2v) is 3.72. The molecular formula is C10H7ClN4O. The summed E-state index contributed by atoms with van der Waals surface area (Å²) in [7, 11) is 0. The van der Waals surface area contributed by atoms with Crippen molar-refractivity contribution < 1.29 is 4.42 Å². The lowest BCUT2D eigenvalue weighted by Gasteiger charge is -1.87. The molecule has 0 bridgehead atoms. The smallest absolute Gasteiger partial charge is 0.245 e. The number of nitrogens with one attached hydrogen (secondary N) is 1. The first-order valence-electron chi connectivity index (χ1n) is 4.60. The van der Waals surface area contributed by atoms with Crippen molar-refractivity contribution in [1.29, 1.82) is 0 Å². The van der Waals surface area contributed by atoms with Crippen molar-refractivity contribution in [3.8, 4) is 11.6 Å². The topological polar surface area (TPSA) is 80.7 Å². The molecule has 0 fully saturated rings. The van der Waals surface area contributed by atoms with Gasteiger partial charge in [-0.3, -0.25) is 5.10 Å². The highest BCUT2D eigenvalue weighted by atomic mass is 35.5. The molecule has 0 unspecified atom stereocenters. The number of fused-ring (bicyclic) bond motifs is 1. The molecule has 6 heteroatoms. The number of nitrogens with zero attached hydrogens (tertiary/aromatic N) is 2. The zero-order valence-electron chi connectivity index (χ0n) is 8.07. The number of hydrogen-bond acceptors (Lipinski definition) is 4. The zero-order valence-corrected chi connectivity index (χ0v) is 8.82. The number of rotatable bonds is 1. The Labute approximate surface area is 95.2 Å². The summed E-state index contributed by atoms with van der Waals surface area (Å²) in [5.74, 6) is 0.815. The van der Waals surface area contributed by atoms with Crippen LogP contribution in [0.15, 0.2) is 28.7 Å². The molecule has 3 rings (SSSR count). The number of benzene rings is 1. The minimum Gasteiger partial charge on any atom is -0.433 e. The average molecular weight is 235 g/mol. The Morgan fingerprint density at radius 1 is 1.38 bits per heavy atom. The number of hydrogen-bond donors (Lipinski definition) is 2. The predicted molar refractivity (Wildman–Crippen MR) is 61.0 cm³/mol. The third-order valence-corrected chi connectivity index (χ3v) is 2.49. The standard InChI is InChI=1S/C10H7ClN4O/c11-5-2-1-3-6-9(5)16-10(13-6)7-4-8(12)15-14-7/h1-4H,(H3,12,14,15). The number of para-hydroxylation sites is 1. The van der Waals surface area contributed by atoms with Gasteiger partial charge in [-0.05, 0) is 12.1 Å². The minimum absolute atomic E-state index is 0.392. The van der Waals surface area contributed by atoms with Crippen LogP contribution in [0.2, 0.25) is 5.02 Å². The van der Waals surface area contributed by atoms with Gasteiger partial charge in [-0.2, -0.15) is 5.10 Å². The molecule has 0 aliphatic heterocycles. The predicted octanol–water partition coefficient (Wildman–Crippen LogP) is 2.45. The first-order valence-corrected chi connectivity index (χ1v) is 4.98. The maximum atomic E-state index is 5.98. The summed E-state index contributed by atoms with van der Waals surface area (Å²) in [6.45, 7) is 0. The quantitative estimate of drug-likeness (QED) is 0.678. The van der Waals surface area contributed by atoms with Crippen LogP contribution in [-0.2, 0) is 0 Å². The molecule has 0 aliphatic carbocycles. The van der Waals surface area contributed by atoms with Crippen LogP contribution in [-0.4, -0.2) is 15.2 Å². The van der Waals surface area contributed by atoms with E-state index < -0.39 is 0 Å². The summed E-state index contributed by atoms with van der Waals surface area (Å²) in [6, 6.07) is 7.05. The summed E-state index contributed by atoms with van der Waals surface area (Å²) >= 11 is 5.98. The van der Waals surface area contributed by atoms with E-state index in [2.05, 4.69) is 15.2 Å². The number of H-pyrrole nitrogens is 1. The van der Waals surface area contributed by atoms with Gasteiger partial charge in [-0.25, -0.2) is 4.98 Å². The Morgan fingerprint density at radius 3 is 2.94 bits per heavy atom. The van der Waals surface area contributed by atoms with Crippen LogP contribution in [0.4, 0.5) is 5.82 Å². The molecule has 0 aliphatic rings. The number of anilines is 1. The lowest BCUT2D eigenvalue weighted by Crippen LogP contribution is -1.81. The van der Waals surface area contributed by atoms with Gasteiger partial charge in [0, 0.05) is 6.07 Å². The van der Waals surface area contributed by atoms with Crippen molar-refractivity contribution in [2.45, 2.75) is 0 Å². The van der Waals surface area contributed by atoms with Crippen LogP contribution in [0.25, 0.3) is 22.7 Å². The Balaban J connectivity index is 2.22. The van der Waals surface area contributed by atoms with Crippen LogP contribution >= 0.6 is 11.6 Å². The number of aromatic nitrogens is 3. The molecule has 3 aromatic rings. The number of oxazole rings is 1. The molecule has 2 heterocycles. The van der Waals surface area contributed by atoms with Gasteiger partial charge in [-0.15, -0.1) is 0 Å². The van der Waals surface area contributed by atoms with Crippen molar-refractivity contribution in [3.63, 3.8) is 0 Å². The molecule has 0 spiro atoms. The first kappa shape index (κ1) is 9.23. The van der Waals surface area contributed by atoms with Crippen LogP contribution < -0.4 is 5.73 Å². The minimum atomic E-state index is 0.392. The number of aromatic amines is 1. The summed E-state index contributed by atoms with van der Waals surface area (Å²) < 4.78 is 5.53. The van der Waals surface area contributed by atoms with Crippen molar-refractivity contribution in [2.75, 3.05) is 5.73 Å². The molecule has 0 radical (unpaired) electrons. The number of nitrogen functional groups attached to an aromatic ring is 1. The van der Waals surface area contributed by atoms with E-state index in [9.17, 15) is 0 Å². The highest BCUT2D eigenvalue weighted by molar-refractivity contribution is 6.34. The van der Waals surface area contributed by atoms with Gasteiger partial charge < -0.3 is 10.2 Å². The molecule has 0 saturated carbocycles. The fourth-order valence-corrected chi connectivity index (χ4v) is 1.69. The van der Waals surface area contributed by atoms with Crippen molar-refractivity contribution in [3.05, 3.63) is 29.3 Å². The van der Waals surface area contributed by atoms with E-state index in [1.165, 1.54) is 0 Å². The summed E-state index contributed by atoms with van der Waals surface area (Å²) in [6.07, 6.45) is 0. The van der Waals surface area contributed by atoms with Crippen molar-refractivity contribution >= 4 is 28.5 Å². The van der Waals surface area contributed by atoms with Crippen LogP contribution in [0, 0.1) is 0 Å². The molecule has 2 aromatic heterocycles. The molecule has 16 heavy (non-hydrogen) atoms. The lowest BCUT2D eigenvalue weighted by molar-refractivity contribution is 0.616. The second-order valence-electron chi connectivity index (χ2n) is 3.31. The highest BCUT2D eigenvalue weighted by Crippen LogP contribution is 2.28. The van der Waals surface area contributed by atoms with E-state index in [-0.39, 0.29) is 0 Å².